The molecule has 2 nitrogen and oxygen atoms in total. The van der Waals surface area contributed by atoms with Crippen molar-refractivity contribution in [3.63, 3.8) is 0 Å². The second kappa shape index (κ2) is 11.9. The summed E-state index contributed by atoms with van der Waals surface area (Å²) in [5.74, 6) is 0. The Balaban J connectivity index is 1.02. The Morgan fingerprint density at radius 1 is 0.276 bits per heavy atom. The summed E-state index contributed by atoms with van der Waals surface area (Å²) in [5.41, 5.74) is 17.4. The van der Waals surface area contributed by atoms with Gasteiger partial charge in [-0.05, 0) is 97.6 Å². The maximum Gasteiger partial charge on any atom is 0.0619 e. The lowest BCUT2D eigenvalue weighted by atomic mass is 9.93. The second-order valence-electron chi connectivity index (χ2n) is 15.6. The molecule has 10 aromatic carbocycles. The molecule has 12 aromatic rings. The van der Waals surface area contributed by atoms with Crippen molar-refractivity contribution >= 4 is 65.2 Å². The molecule has 0 atom stereocenters. The van der Waals surface area contributed by atoms with Crippen LogP contribution in [0.5, 0.6) is 0 Å². The van der Waals surface area contributed by atoms with Crippen LogP contribution < -0.4 is 0 Å². The van der Waals surface area contributed by atoms with Crippen LogP contribution in [0.15, 0.2) is 206 Å². The molecule has 0 aliphatic heterocycles. The number of hydrogen-bond acceptors (Lipinski definition) is 0. The molecule has 0 bridgehead atoms. The van der Waals surface area contributed by atoms with Gasteiger partial charge >= 0.3 is 0 Å². The first kappa shape index (κ1) is 31.5. The SMILES string of the molecule is c1ccc(-n2c3cc(-c4ccc5c(c4)c4ccccc4n5-c4ccccc4-c4ccc5c6c(cccc46)-c4ccccc4-5)ccc3c3ccc4ccccc4c32)cc1. The van der Waals surface area contributed by atoms with Gasteiger partial charge < -0.3 is 9.13 Å². The summed E-state index contributed by atoms with van der Waals surface area (Å²) in [7, 11) is 0. The fourth-order valence-corrected chi connectivity index (χ4v) is 10.2. The molecule has 0 amide bonds. The van der Waals surface area contributed by atoms with Crippen molar-refractivity contribution < 1.29 is 0 Å². The molecule has 268 valence electrons. The van der Waals surface area contributed by atoms with Gasteiger partial charge in [-0.3, -0.25) is 0 Å². The molecule has 0 fully saturated rings. The lowest BCUT2D eigenvalue weighted by Crippen LogP contribution is -1.97. The highest BCUT2D eigenvalue weighted by Crippen LogP contribution is 2.50. The monoisotopic (exact) mass is 734 g/mol. The van der Waals surface area contributed by atoms with Gasteiger partial charge in [0.15, 0.2) is 0 Å². The van der Waals surface area contributed by atoms with Crippen molar-refractivity contribution in [2.24, 2.45) is 0 Å². The number of fused-ring (bicyclic) bond motifs is 11. The molecule has 2 heteroatoms. The van der Waals surface area contributed by atoms with Crippen LogP contribution in [-0.2, 0) is 0 Å². The molecule has 1 aliphatic rings. The van der Waals surface area contributed by atoms with Crippen LogP contribution in [-0.4, -0.2) is 9.13 Å². The van der Waals surface area contributed by atoms with E-state index in [0.29, 0.717) is 0 Å². The van der Waals surface area contributed by atoms with Gasteiger partial charge in [0.05, 0.1) is 27.8 Å². The van der Waals surface area contributed by atoms with Crippen molar-refractivity contribution in [1.82, 2.24) is 9.13 Å². The molecule has 0 unspecified atom stereocenters. The van der Waals surface area contributed by atoms with Crippen molar-refractivity contribution in [2.75, 3.05) is 0 Å². The minimum absolute atomic E-state index is 1.16. The number of benzene rings is 10. The van der Waals surface area contributed by atoms with Gasteiger partial charge in [-0.25, -0.2) is 0 Å². The van der Waals surface area contributed by atoms with Crippen LogP contribution in [0.1, 0.15) is 0 Å². The van der Waals surface area contributed by atoms with E-state index in [9.17, 15) is 0 Å². The molecule has 0 N–H and O–H groups in total. The van der Waals surface area contributed by atoms with Crippen LogP contribution in [0.25, 0.3) is 121 Å². The van der Waals surface area contributed by atoms with Gasteiger partial charge in [-0.15, -0.1) is 0 Å². The Kier molecular flexibility index (Phi) is 6.47. The summed E-state index contributed by atoms with van der Waals surface area (Å²) in [6.45, 7) is 0. The lowest BCUT2D eigenvalue weighted by molar-refractivity contribution is 1.18. The third-order valence-electron chi connectivity index (χ3n) is 12.7. The van der Waals surface area contributed by atoms with Gasteiger partial charge in [0.25, 0.3) is 0 Å². The van der Waals surface area contributed by atoms with E-state index in [2.05, 4.69) is 215 Å². The van der Waals surface area contributed by atoms with Crippen molar-refractivity contribution in [1.29, 1.82) is 0 Å². The predicted octanol–water partition coefficient (Wildman–Crippen LogP) is 15.2. The summed E-state index contributed by atoms with van der Waals surface area (Å²) in [6, 6.07) is 76.2. The smallest absolute Gasteiger partial charge is 0.0619 e. The van der Waals surface area contributed by atoms with E-state index in [0.717, 1.165) is 5.69 Å². The topological polar surface area (TPSA) is 9.86 Å². The van der Waals surface area contributed by atoms with Gasteiger partial charge in [-0.2, -0.15) is 0 Å². The van der Waals surface area contributed by atoms with Gasteiger partial charge in [0, 0.05) is 38.2 Å². The number of aromatic nitrogens is 2. The van der Waals surface area contributed by atoms with E-state index in [1.807, 2.05) is 0 Å². The second-order valence-corrected chi connectivity index (χ2v) is 15.6. The molecule has 2 heterocycles. The molecule has 1 aliphatic carbocycles. The zero-order valence-corrected chi connectivity index (χ0v) is 31.5. The molecule has 0 saturated heterocycles. The quantitative estimate of drug-likeness (QED) is 0.170. The largest absolute Gasteiger partial charge is 0.309 e. The number of nitrogens with zero attached hydrogens (tertiary/aromatic N) is 2. The molecular formula is C56H34N2. The normalized spacial score (nSPS) is 12.1. The Bertz CT molecular complexity index is 3650. The summed E-state index contributed by atoms with van der Waals surface area (Å²) in [4.78, 5) is 0. The van der Waals surface area contributed by atoms with Gasteiger partial charge in [0.1, 0.15) is 0 Å². The zero-order valence-electron chi connectivity index (χ0n) is 31.5. The van der Waals surface area contributed by atoms with Crippen molar-refractivity contribution in [3.05, 3.63) is 206 Å². The van der Waals surface area contributed by atoms with Crippen LogP contribution in [0.4, 0.5) is 0 Å². The Hall–Kier alpha value is -7.68. The average molecular weight is 735 g/mol. The maximum absolute atomic E-state index is 2.48. The number of rotatable bonds is 4. The number of hydrogen-bond donors (Lipinski definition) is 0. The fourth-order valence-electron chi connectivity index (χ4n) is 10.2. The zero-order chi connectivity index (χ0) is 37.9. The minimum atomic E-state index is 1.16. The van der Waals surface area contributed by atoms with Gasteiger partial charge in [-0.1, -0.05) is 164 Å². The van der Waals surface area contributed by atoms with Gasteiger partial charge in [0.2, 0.25) is 0 Å². The molecule has 0 saturated carbocycles. The van der Waals surface area contributed by atoms with Crippen LogP contribution in [0.2, 0.25) is 0 Å². The van der Waals surface area contributed by atoms with E-state index in [1.54, 1.807) is 0 Å². The van der Waals surface area contributed by atoms with Crippen LogP contribution >= 0.6 is 0 Å². The van der Waals surface area contributed by atoms with Crippen molar-refractivity contribution in [2.45, 2.75) is 0 Å². The molecule has 0 radical (unpaired) electrons. The molecule has 58 heavy (non-hydrogen) atoms. The molecule has 2 aromatic heterocycles. The highest BCUT2D eigenvalue weighted by Gasteiger charge is 2.24. The average Bonchev–Trinajstić information content (AvgIpc) is 3.93. The Labute approximate surface area is 335 Å². The number of para-hydroxylation sites is 3. The van der Waals surface area contributed by atoms with Crippen LogP contribution in [0, 0.1) is 0 Å². The first-order valence-corrected chi connectivity index (χ1v) is 20.1. The summed E-state index contributed by atoms with van der Waals surface area (Å²) >= 11 is 0. The molecule has 0 spiro atoms. The highest BCUT2D eigenvalue weighted by atomic mass is 15.0. The van der Waals surface area contributed by atoms with Crippen molar-refractivity contribution in [3.8, 4) is 55.9 Å². The maximum atomic E-state index is 2.48. The van der Waals surface area contributed by atoms with E-state index in [4.69, 9.17) is 0 Å². The highest BCUT2D eigenvalue weighted by molar-refractivity contribution is 6.21. The van der Waals surface area contributed by atoms with E-state index in [-0.39, 0.29) is 0 Å². The minimum Gasteiger partial charge on any atom is -0.309 e. The standard InChI is InChI=1S/C56H34N2/c1-2-14-38(15-3-1)57-54-34-37(26-28-45(54)49-29-25-35-13-4-5-16-39(35)56(49)57)36-27-32-53-50(33-36)44-20-9-11-24-52(44)58(53)51-23-10-8-19-43(51)42-30-31-48-41-18-7-6-17-40(41)46-21-12-22-47(42)55(46)48/h1-34H. The molecular weight excluding hydrogens is 701 g/mol. The first-order chi connectivity index (χ1) is 28.8. The molecule has 13 rings (SSSR count). The fraction of sp³-hybridized carbons (Fsp3) is 0. The Morgan fingerprint density at radius 3 is 1.76 bits per heavy atom. The lowest BCUT2D eigenvalue weighted by Gasteiger charge is -2.16. The van der Waals surface area contributed by atoms with E-state index < -0.39 is 0 Å². The van der Waals surface area contributed by atoms with E-state index >= 15 is 0 Å². The van der Waals surface area contributed by atoms with Crippen LogP contribution in [0.3, 0.4) is 0 Å². The summed E-state index contributed by atoms with van der Waals surface area (Å²) in [5, 5.41) is 10.2. The third kappa shape index (κ3) is 4.32. The summed E-state index contributed by atoms with van der Waals surface area (Å²) in [6.07, 6.45) is 0. The van der Waals surface area contributed by atoms with E-state index in [1.165, 1.54) is 115 Å². The predicted molar refractivity (Wildman–Crippen MR) is 245 cm³/mol. The Morgan fingerprint density at radius 2 is 0.879 bits per heavy atom. The summed E-state index contributed by atoms with van der Waals surface area (Å²) < 4.78 is 4.93. The first-order valence-electron chi connectivity index (χ1n) is 20.1. The third-order valence-corrected chi connectivity index (χ3v) is 12.7.